The fourth-order valence-corrected chi connectivity index (χ4v) is 1.53. The van der Waals surface area contributed by atoms with Crippen LogP contribution in [0.15, 0.2) is 45.1 Å². The van der Waals surface area contributed by atoms with Crippen LogP contribution in [0.25, 0.3) is 0 Å². The number of anilines is 1. The second-order valence-corrected chi connectivity index (χ2v) is 4.27. The molecule has 18 heavy (non-hydrogen) atoms. The molecule has 0 aromatic carbocycles. The lowest BCUT2D eigenvalue weighted by Crippen LogP contribution is -2.11. The van der Waals surface area contributed by atoms with Crippen molar-refractivity contribution in [3.8, 4) is 0 Å². The van der Waals surface area contributed by atoms with E-state index in [-0.39, 0.29) is 5.56 Å². The van der Waals surface area contributed by atoms with Gasteiger partial charge in [0.15, 0.2) is 0 Å². The quantitative estimate of drug-likeness (QED) is 0.668. The molecule has 2 heterocycles. The summed E-state index contributed by atoms with van der Waals surface area (Å²) in [5, 5.41) is 10.2. The van der Waals surface area contributed by atoms with Crippen LogP contribution in [0.3, 0.4) is 0 Å². The minimum Gasteiger partial charge on any atom is -0.275 e. The van der Waals surface area contributed by atoms with E-state index < -0.39 is 0 Å². The summed E-state index contributed by atoms with van der Waals surface area (Å²) in [7, 11) is 0. The second-order valence-electron chi connectivity index (χ2n) is 3.48. The third-order valence-electron chi connectivity index (χ3n) is 2.22. The van der Waals surface area contributed by atoms with E-state index in [1.165, 1.54) is 6.20 Å². The molecule has 0 saturated carbocycles. The molecule has 0 fully saturated rings. The average molecular weight is 308 g/mol. The maximum atomic E-state index is 11.3. The van der Waals surface area contributed by atoms with Crippen LogP contribution in [-0.2, 0) is 0 Å². The van der Waals surface area contributed by atoms with E-state index in [4.69, 9.17) is 0 Å². The van der Waals surface area contributed by atoms with Gasteiger partial charge in [-0.2, -0.15) is 10.2 Å². The highest BCUT2D eigenvalue weighted by atomic mass is 79.9. The Balaban J connectivity index is 2.21. The molecule has 0 unspecified atom stereocenters. The predicted octanol–water partition coefficient (Wildman–Crippen LogP) is 1.76. The first-order chi connectivity index (χ1) is 8.68. The van der Waals surface area contributed by atoms with E-state index in [9.17, 15) is 4.79 Å². The Hall–Kier alpha value is -2.02. The predicted molar refractivity (Wildman–Crippen MR) is 72.6 cm³/mol. The molecule has 0 aliphatic carbocycles. The van der Waals surface area contributed by atoms with Gasteiger partial charge in [0.05, 0.1) is 17.6 Å². The van der Waals surface area contributed by atoms with Crippen molar-refractivity contribution in [3.63, 3.8) is 0 Å². The normalized spacial score (nSPS) is 11.3. The van der Waals surface area contributed by atoms with Gasteiger partial charge in [-0.1, -0.05) is 6.07 Å². The Morgan fingerprint density at radius 2 is 2.33 bits per heavy atom. The molecule has 0 spiro atoms. The third-order valence-corrected chi connectivity index (χ3v) is 3.01. The molecular weight excluding hydrogens is 298 g/mol. The highest BCUT2D eigenvalue weighted by molar-refractivity contribution is 9.10. The summed E-state index contributed by atoms with van der Waals surface area (Å²) in [6, 6.07) is 3.73. The summed E-state index contributed by atoms with van der Waals surface area (Å²) in [6.07, 6.45) is 4.89. The Labute approximate surface area is 111 Å². The van der Waals surface area contributed by atoms with Crippen molar-refractivity contribution in [2.24, 2.45) is 5.10 Å². The zero-order chi connectivity index (χ0) is 13.0. The second kappa shape index (κ2) is 5.54. The zero-order valence-electron chi connectivity index (χ0n) is 9.51. The number of pyridine rings is 1. The van der Waals surface area contributed by atoms with Crippen LogP contribution in [-0.4, -0.2) is 20.9 Å². The van der Waals surface area contributed by atoms with Crippen molar-refractivity contribution in [2.75, 3.05) is 5.43 Å². The van der Waals surface area contributed by atoms with Gasteiger partial charge in [0.2, 0.25) is 0 Å². The lowest BCUT2D eigenvalue weighted by Gasteiger charge is -2.03. The summed E-state index contributed by atoms with van der Waals surface area (Å²) in [5.41, 5.74) is 4.64. The fourth-order valence-electron chi connectivity index (χ4n) is 1.25. The van der Waals surface area contributed by atoms with Gasteiger partial charge in [0.25, 0.3) is 5.56 Å². The van der Waals surface area contributed by atoms with E-state index in [0.717, 1.165) is 11.3 Å². The largest absolute Gasteiger partial charge is 0.280 e. The number of hydrogen-bond acceptors (Lipinski definition) is 5. The first-order valence-electron chi connectivity index (χ1n) is 5.12. The monoisotopic (exact) mass is 307 g/mol. The minimum absolute atomic E-state index is 0.311. The molecule has 0 aliphatic heterocycles. The van der Waals surface area contributed by atoms with Crippen molar-refractivity contribution in [3.05, 3.63) is 51.1 Å². The Kier molecular flexibility index (Phi) is 3.83. The number of nitrogens with one attached hydrogen (secondary N) is 2. The van der Waals surface area contributed by atoms with Crippen LogP contribution in [0.1, 0.15) is 12.5 Å². The van der Waals surface area contributed by atoms with Gasteiger partial charge in [-0.3, -0.25) is 15.2 Å². The SMILES string of the molecule is C/C(=N\Nc1cn[nH]c(=O)c1Br)c1cccnc1. The van der Waals surface area contributed by atoms with Gasteiger partial charge in [-0.15, -0.1) is 0 Å². The van der Waals surface area contributed by atoms with Gasteiger partial charge in [-0.25, -0.2) is 5.10 Å². The van der Waals surface area contributed by atoms with Crippen molar-refractivity contribution < 1.29 is 0 Å². The highest BCUT2D eigenvalue weighted by Gasteiger charge is 2.03. The van der Waals surface area contributed by atoms with Crippen molar-refractivity contribution >= 4 is 27.3 Å². The van der Waals surface area contributed by atoms with Crippen molar-refractivity contribution in [1.29, 1.82) is 0 Å². The molecule has 0 bridgehead atoms. The molecule has 6 nitrogen and oxygen atoms in total. The molecule has 0 amide bonds. The summed E-state index contributed by atoms with van der Waals surface area (Å²) in [5.74, 6) is 0. The van der Waals surface area contributed by atoms with Crippen LogP contribution >= 0.6 is 15.9 Å². The molecule has 0 aliphatic rings. The lowest BCUT2D eigenvalue weighted by atomic mass is 10.2. The number of hydrazone groups is 1. The first-order valence-corrected chi connectivity index (χ1v) is 5.91. The summed E-state index contributed by atoms with van der Waals surface area (Å²) >= 11 is 3.16. The van der Waals surface area contributed by atoms with Crippen LogP contribution in [0.2, 0.25) is 0 Å². The minimum atomic E-state index is -0.311. The van der Waals surface area contributed by atoms with Gasteiger partial charge < -0.3 is 0 Å². The first kappa shape index (κ1) is 12.4. The highest BCUT2D eigenvalue weighted by Crippen LogP contribution is 2.15. The van der Waals surface area contributed by atoms with Crippen molar-refractivity contribution in [2.45, 2.75) is 6.92 Å². The topological polar surface area (TPSA) is 83.0 Å². The molecule has 92 valence electrons. The number of halogens is 1. The zero-order valence-corrected chi connectivity index (χ0v) is 11.1. The maximum Gasteiger partial charge on any atom is 0.280 e. The van der Waals surface area contributed by atoms with E-state index in [1.807, 2.05) is 19.1 Å². The number of aromatic nitrogens is 3. The molecule has 2 N–H and O–H groups in total. The smallest absolute Gasteiger partial charge is 0.275 e. The molecule has 7 heteroatoms. The molecule has 2 rings (SSSR count). The summed E-state index contributed by atoms with van der Waals surface area (Å²) < 4.78 is 0.361. The van der Waals surface area contributed by atoms with Crippen molar-refractivity contribution in [1.82, 2.24) is 15.2 Å². The molecular formula is C11H10BrN5O. The van der Waals surface area contributed by atoms with E-state index in [1.54, 1.807) is 12.4 Å². The number of aromatic amines is 1. The van der Waals surface area contributed by atoms with Crippen LogP contribution < -0.4 is 11.0 Å². The Morgan fingerprint density at radius 1 is 1.50 bits per heavy atom. The van der Waals surface area contributed by atoms with E-state index in [2.05, 4.69) is 41.6 Å². The maximum absolute atomic E-state index is 11.3. The van der Waals surface area contributed by atoms with Crippen LogP contribution in [0.5, 0.6) is 0 Å². The number of hydrogen-bond donors (Lipinski definition) is 2. The Bertz CT molecular complexity index is 623. The molecule has 2 aromatic heterocycles. The standard InChI is InChI=1S/C11H10BrN5O/c1-7(8-3-2-4-13-5-8)15-16-9-6-14-17-11(18)10(9)12/h2-6H,1H3,(H2,16,17,18)/b15-7+. The van der Waals surface area contributed by atoms with Crippen LogP contribution in [0.4, 0.5) is 5.69 Å². The molecule has 0 radical (unpaired) electrons. The fraction of sp³-hybridized carbons (Fsp3) is 0.0909. The molecule has 0 saturated heterocycles. The summed E-state index contributed by atoms with van der Waals surface area (Å²) in [6.45, 7) is 1.85. The van der Waals surface area contributed by atoms with Gasteiger partial charge in [0, 0.05) is 18.0 Å². The molecule has 0 atom stereocenters. The van der Waals surface area contributed by atoms with Crippen LogP contribution in [0, 0.1) is 0 Å². The molecule has 2 aromatic rings. The van der Waals surface area contributed by atoms with E-state index in [0.29, 0.717) is 10.2 Å². The summed E-state index contributed by atoms with van der Waals surface area (Å²) in [4.78, 5) is 15.3. The van der Waals surface area contributed by atoms with Gasteiger partial charge in [-0.05, 0) is 28.9 Å². The average Bonchev–Trinajstić information content (AvgIpc) is 2.41. The van der Waals surface area contributed by atoms with Gasteiger partial charge >= 0.3 is 0 Å². The van der Waals surface area contributed by atoms with Gasteiger partial charge in [0.1, 0.15) is 4.47 Å². The number of rotatable bonds is 3. The number of H-pyrrole nitrogens is 1. The third kappa shape index (κ3) is 2.80. The Morgan fingerprint density at radius 3 is 3.06 bits per heavy atom. The van der Waals surface area contributed by atoms with E-state index >= 15 is 0 Å². The lowest BCUT2D eigenvalue weighted by molar-refractivity contribution is 0.976. The number of nitrogens with zero attached hydrogens (tertiary/aromatic N) is 3.